The highest BCUT2D eigenvalue weighted by molar-refractivity contribution is 7.80. The van der Waals surface area contributed by atoms with Crippen molar-refractivity contribution in [3.05, 3.63) is 71.4 Å². The molecule has 0 bridgehead atoms. The molecular formula is C17H12ClN3OS. The van der Waals surface area contributed by atoms with Gasteiger partial charge in [0.05, 0.1) is 5.02 Å². The van der Waals surface area contributed by atoms with Gasteiger partial charge in [0.25, 0.3) is 5.91 Å². The van der Waals surface area contributed by atoms with E-state index in [-0.39, 0.29) is 11.0 Å². The van der Waals surface area contributed by atoms with E-state index in [1.807, 2.05) is 36.4 Å². The van der Waals surface area contributed by atoms with E-state index >= 15 is 0 Å². The first kappa shape index (κ1) is 15.4. The lowest BCUT2D eigenvalue weighted by molar-refractivity contribution is 0.0979. The fourth-order valence-electron chi connectivity index (χ4n) is 2.19. The van der Waals surface area contributed by atoms with Crippen LogP contribution in [0, 0.1) is 0 Å². The third kappa shape index (κ3) is 3.64. The molecule has 4 nitrogen and oxygen atoms in total. The Hall–Kier alpha value is -2.50. The van der Waals surface area contributed by atoms with Gasteiger partial charge in [0.15, 0.2) is 5.11 Å². The maximum atomic E-state index is 12.4. The first-order valence-electron chi connectivity index (χ1n) is 6.85. The molecule has 3 aromatic rings. The van der Waals surface area contributed by atoms with Gasteiger partial charge in [0.2, 0.25) is 0 Å². The number of benzene rings is 2. The van der Waals surface area contributed by atoms with Crippen LogP contribution in [0.5, 0.6) is 0 Å². The van der Waals surface area contributed by atoms with E-state index in [1.54, 1.807) is 18.2 Å². The second-order valence-corrected chi connectivity index (χ2v) is 5.64. The number of nitrogens with one attached hydrogen (secondary N) is 2. The Morgan fingerprint density at radius 1 is 1.04 bits per heavy atom. The number of nitrogens with zero attached hydrogens (tertiary/aromatic N) is 1. The van der Waals surface area contributed by atoms with Gasteiger partial charge in [-0.3, -0.25) is 10.1 Å². The average molecular weight is 342 g/mol. The molecule has 1 amide bonds. The van der Waals surface area contributed by atoms with Crippen molar-refractivity contribution in [1.29, 1.82) is 0 Å². The molecule has 0 unspecified atom stereocenters. The Balaban J connectivity index is 1.75. The predicted molar refractivity (Wildman–Crippen MR) is 96.9 cm³/mol. The number of carbonyl (C=O) groups excluding carboxylic acids is 1. The van der Waals surface area contributed by atoms with Gasteiger partial charge < -0.3 is 5.32 Å². The van der Waals surface area contributed by atoms with Gasteiger partial charge in [-0.2, -0.15) is 0 Å². The molecule has 1 heterocycles. The summed E-state index contributed by atoms with van der Waals surface area (Å²) < 4.78 is 0. The highest BCUT2D eigenvalue weighted by atomic mass is 35.5. The molecule has 0 aliphatic carbocycles. The molecule has 0 fully saturated rings. The van der Waals surface area contributed by atoms with E-state index in [0.717, 1.165) is 10.8 Å². The fourth-order valence-corrected chi connectivity index (χ4v) is 2.50. The highest BCUT2D eigenvalue weighted by Crippen LogP contribution is 2.18. The van der Waals surface area contributed by atoms with Crippen molar-refractivity contribution >= 4 is 51.4 Å². The Morgan fingerprint density at radius 2 is 1.83 bits per heavy atom. The zero-order valence-electron chi connectivity index (χ0n) is 11.9. The zero-order chi connectivity index (χ0) is 16.2. The topological polar surface area (TPSA) is 54.0 Å². The minimum absolute atomic E-state index is 0.178. The Kier molecular flexibility index (Phi) is 4.50. The van der Waals surface area contributed by atoms with Crippen LogP contribution in [-0.4, -0.2) is 16.0 Å². The van der Waals surface area contributed by atoms with Crippen LogP contribution in [0.25, 0.3) is 10.8 Å². The SMILES string of the molecule is O=C(NC(=S)Nc1ccc(Cl)cn1)c1cccc2ccccc12. The maximum Gasteiger partial charge on any atom is 0.258 e. The van der Waals surface area contributed by atoms with Crippen molar-refractivity contribution in [3.63, 3.8) is 0 Å². The first-order chi connectivity index (χ1) is 11.1. The standard InChI is InChI=1S/C17H12ClN3OS/c18-12-8-9-15(19-10-12)20-17(23)21-16(22)14-7-3-5-11-4-1-2-6-13(11)14/h1-10H,(H2,19,20,21,22,23). The minimum Gasteiger partial charge on any atom is -0.317 e. The fraction of sp³-hybridized carbons (Fsp3) is 0. The van der Waals surface area contributed by atoms with Gasteiger partial charge in [0, 0.05) is 11.8 Å². The molecule has 0 aliphatic heterocycles. The number of amides is 1. The first-order valence-corrected chi connectivity index (χ1v) is 7.64. The number of pyridine rings is 1. The van der Waals surface area contributed by atoms with E-state index in [0.29, 0.717) is 16.4 Å². The molecule has 0 saturated carbocycles. The predicted octanol–water partition coefficient (Wildman–Crippen LogP) is 4.02. The average Bonchev–Trinajstić information content (AvgIpc) is 2.56. The van der Waals surface area contributed by atoms with Crippen LogP contribution in [0.15, 0.2) is 60.8 Å². The third-order valence-electron chi connectivity index (χ3n) is 3.23. The van der Waals surface area contributed by atoms with E-state index in [2.05, 4.69) is 15.6 Å². The smallest absolute Gasteiger partial charge is 0.258 e. The Labute approximate surface area is 143 Å². The molecule has 0 radical (unpaired) electrons. The lowest BCUT2D eigenvalue weighted by Gasteiger charge is -2.10. The number of rotatable bonds is 2. The summed E-state index contributed by atoms with van der Waals surface area (Å²) in [6, 6.07) is 16.6. The van der Waals surface area contributed by atoms with Crippen LogP contribution in [0.1, 0.15) is 10.4 Å². The van der Waals surface area contributed by atoms with Gasteiger partial charge in [-0.15, -0.1) is 0 Å². The van der Waals surface area contributed by atoms with Gasteiger partial charge in [0.1, 0.15) is 5.82 Å². The van der Waals surface area contributed by atoms with Crippen molar-refractivity contribution in [2.75, 3.05) is 5.32 Å². The monoisotopic (exact) mass is 341 g/mol. The Bertz CT molecular complexity index is 875. The van der Waals surface area contributed by atoms with Crippen LogP contribution in [-0.2, 0) is 0 Å². The van der Waals surface area contributed by atoms with E-state index in [1.165, 1.54) is 6.20 Å². The number of thiocarbonyl (C=S) groups is 1. The lowest BCUT2D eigenvalue weighted by Crippen LogP contribution is -2.34. The van der Waals surface area contributed by atoms with Gasteiger partial charge >= 0.3 is 0 Å². The second-order valence-electron chi connectivity index (χ2n) is 4.80. The zero-order valence-corrected chi connectivity index (χ0v) is 13.5. The largest absolute Gasteiger partial charge is 0.317 e. The number of hydrogen-bond donors (Lipinski definition) is 2. The summed E-state index contributed by atoms with van der Waals surface area (Å²) in [6.45, 7) is 0. The normalized spacial score (nSPS) is 10.3. The number of fused-ring (bicyclic) bond motifs is 1. The van der Waals surface area contributed by atoms with Crippen LogP contribution >= 0.6 is 23.8 Å². The summed E-state index contributed by atoms with van der Waals surface area (Å²) in [4.78, 5) is 16.5. The van der Waals surface area contributed by atoms with E-state index < -0.39 is 0 Å². The van der Waals surface area contributed by atoms with Gasteiger partial charge in [-0.05, 0) is 41.2 Å². The van der Waals surface area contributed by atoms with Crippen LogP contribution in [0.4, 0.5) is 5.82 Å². The van der Waals surface area contributed by atoms with Crippen LogP contribution in [0.2, 0.25) is 5.02 Å². The molecule has 0 atom stereocenters. The van der Waals surface area contributed by atoms with Crippen molar-refractivity contribution in [3.8, 4) is 0 Å². The maximum absolute atomic E-state index is 12.4. The summed E-state index contributed by atoms with van der Waals surface area (Å²) in [5.41, 5.74) is 0.566. The summed E-state index contributed by atoms with van der Waals surface area (Å²) in [6.07, 6.45) is 1.50. The summed E-state index contributed by atoms with van der Waals surface area (Å²) in [5, 5.41) is 8.09. The van der Waals surface area contributed by atoms with Crippen LogP contribution in [0.3, 0.4) is 0 Å². The third-order valence-corrected chi connectivity index (χ3v) is 3.66. The molecule has 114 valence electrons. The van der Waals surface area contributed by atoms with Gasteiger partial charge in [-0.25, -0.2) is 4.98 Å². The molecule has 0 spiro atoms. The molecule has 0 saturated heterocycles. The lowest BCUT2D eigenvalue weighted by atomic mass is 10.0. The number of halogens is 1. The van der Waals surface area contributed by atoms with E-state index in [9.17, 15) is 4.79 Å². The summed E-state index contributed by atoms with van der Waals surface area (Å²) in [5.74, 6) is 0.242. The molecule has 1 aromatic heterocycles. The molecule has 3 rings (SSSR count). The molecule has 23 heavy (non-hydrogen) atoms. The minimum atomic E-state index is -0.270. The summed E-state index contributed by atoms with van der Waals surface area (Å²) in [7, 11) is 0. The molecule has 6 heteroatoms. The number of carbonyl (C=O) groups is 1. The highest BCUT2D eigenvalue weighted by Gasteiger charge is 2.11. The number of anilines is 1. The van der Waals surface area contributed by atoms with Crippen molar-refractivity contribution < 1.29 is 4.79 Å². The number of aromatic nitrogens is 1. The van der Waals surface area contributed by atoms with E-state index in [4.69, 9.17) is 23.8 Å². The summed E-state index contributed by atoms with van der Waals surface area (Å²) >= 11 is 10.9. The van der Waals surface area contributed by atoms with Gasteiger partial charge in [-0.1, -0.05) is 48.0 Å². The van der Waals surface area contributed by atoms with Crippen molar-refractivity contribution in [2.24, 2.45) is 0 Å². The van der Waals surface area contributed by atoms with Crippen molar-refractivity contribution in [1.82, 2.24) is 10.3 Å². The Morgan fingerprint density at radius 3 is 2.61 bits per heavy atom. The van der Waals surface area contributed by atoms with Crippen molar-refractivity contribution in [2.45, 2.75) is 0 Å². The number of hydrogen-bond acceptors (Lipinski definition) is 3. The molecular weight excluding hydrogens is 330 g/mol. The molecule has 0 aliphatic rings. The van der Waals surface area contributed by atoms with Crippen LogP contribution < -0.4 is 10.6 Å². The molecule has 2 aromatic carbocycles. The quantitative estimate of drug-likeness (QED) is 0.691. The molecule has 2 N–H and O–H groups in total. The second kappa shape index (κ2) is 6.73.